The van der Waals surface area contributed by atoms with Crippen LogP contribution in [0.1, 0.15) is 24.3 Å². The van der Waals surface area contributed by atoms with Gasteiger partial charge in [0.2, 0.25) is 5.91 Å². The number of amides is 2. The van der Waals surface area contributed by atoms with Crippen molar-refractivity contribution in [1.82, 2.24) is 5.32 Å². The van der Waals surface area contributed by atoms with Gasteiger partial charge in [-0.05, 0) is 30.5 Å². The Bertz CT molecular complexity index is 821. The fourth-order valence-corrected chi connectivity index (χ4v) is 3.44. The fraction of sp³-hybridized carbons (Fsp3) is 0.316. The molecule has 27 heavy (non-hydrogen) atoms. The number of hydrogen-bond acceptors (Lipinski definition) is 6. The van der Waals surface area contributed by atoms with Gasteiger partial charge in [0.05, 0.1) is 24.8 Å². The van der Waals surface area contributed by atoms with Crippen LogP contribution in [0.15, 0.2) is 41.8 Å². The highest BCUT2D eigenvalue weighted by atomic mass is 32.1. The number of rotatable bonds is 6. The second-order valence-corrected chi connectivity index (χ2v) is 6.99. The van der Waals surface area contributed by atoms with Gasteiger partial charge in [0.15, 0.2) is 6.61 Å². The highest BCUT2D eigenvalue weighted by Crippen LogP contribution is 2.30. The van der Waals surface area contributed by atoms with Gasteiger partial charge >= 0.3 is 5.97 Å². The van der Waals surface area contributed by atoms with Crippen LogP contribution < -0.4 is 15.0 Å². The van der Waals surface area contributed by atoms with Gasteiger partial charge in [0.25, 0.3) is 5.91 Å². The van der Waals surface area contributed by atoms with Crippen molar-refractivity contribution in [3.8, 4) is 5.75 Å². The molecule has 0 unspecified atom stereocenters. The first kappa shape index (κ1) is 18.9. The average Bonchev–Trinajstić information content (AvgIpc) is 3.15. The molecule has 1 aromatic carbocycles. The van der Waals surface area contributed by atoms with E-state index in [1.54, 1.807) is 24.3 Å². The topological polar surface area (TPSA) is 84.9 Å². The highest BCUT2D eigenvalue weighted by molar-refractivity contribution is 7.10. The number of hydrogen-bond donors (Lipinski definition) is 1. The van der Waals surface area contributed by atoms with E-state index >= 15 is 0 Å². The number of esters is 1. The molecule has 2 heterocycles. The van der Waals surface area contributed by atoms with Crippen LogP contribution in [0.2, 0.25) is 0 Å². The van der Waals surface area contributed by atoms with Gasteiger partial charge in [-0.1, -0.05) is 18.2 Å². The molecule has 0 fully saturated rings. The van der Waals surface area contributed by atoms with Crippen molar-refractivity contribution in [3.05, 3.63) is 46.7 Å². The van der Waals surface area contributed by atoms with Crippen molar-refractivity contribution in [1.29, 1.82) is 0 Å². The summed E-state index contributed by atoms with van der Waals surface area (Å²) in [5, 5.41) is 4.70. The van der Waals surface area contributed by atoms with Crippen molar-refractivity contribution < 1.29 is 23.9 Å². The Hall–Kier alpha value is -2.87. The van der Waals surface area contributed by atoms with E-state index in [9.17, 15) is 14.4 Å². The molecule has 0 bridgehead atoms. The normalized spacial score (nSPS) is 14.6. The third-order valence-corrected chi connectivity index (χ3v) is 5.08. The van der Waals surface area contributed by atoms with Crippen molar-refractivity contribution in [3.63, 3.8) is 0 Å². The summed E-state index contributed by atoms with van der Waals surface area (Å²) in [5.41, 5.74) is 0.521. The fourth-order valence-electron chi connectivity index (χ4n) is 2.71. The summed E-state index contributed by atoms with van der Waals surface area (Å²) in [6, 6.07) is 10.7. The summed E-state index contributed by atoms with van der Waals surface area (Å²) in [6.07, 6.45) is 0.167. The summed E-state index contributed by atoms with van der Waals surface area (Å²) >= 11 is 1.54. The monoisotopic (exact) mass is 388 g/mol. The van der Waals surface area contributed by atoms with E-state index in [0.717, 1.165) is 4.88 Å². The lowest BCUT2D eigenvalue weighted by Gasteiger charge is -2.21. The van der Waals surface area contributed by atoms with E-state index in [1.807, 2.05) is 24.4 Å². The molecule has 0 saturated carbocycles. The number of benzene rings is 1. The lowest BCUT2D eigenvalue weighted by Crippen LogP contribution is -2.37. The molecule has 142 valence electrons. The first-order valence-electron chi connectivity index (χ1n) is 8.55. The third kappa shape index (κ3) is 4.85. The van der Waals surface area contributed by atoms with Crippen LogP contribution in [0.3, 0.4) is 0 Å². The summed E-state index contributed by atoms with van der Waals surface area (Å²) < 4.78 is 10.6. The molecule has 1 atom stereocenters. The van der Waals surface area contributed by atoms with E-state index in [2.05, 4.69) is 5.32 Å². The zero-order chi connectivity index (χ0) is 19.2. The Labute approximate surface area is 160 Å². The Balaban J connectivity index is 1.54. The molecule has 1 aromatic heterocycles. The molecule has 2 aromatic rings. The van der Waals surface area contributed by atoms with Crippen LogP contribution in [-0.4, -0.2) is 37.5 Å². The molecule has 1 N–H and O–H groups in total. The Morgan fingerprint density at radius 2 is 2.11 bits per heavy atom. The van der Waals surface area contributed by atoms with Crippen molar-refractivity contribution in [2.45, 2.75) is 19.4 Å². The van der Waals surface area contributed by atoms with Gasteiger partial charge in [-0.25, -0.2) is 0 Å². The summed E-state index contributed by atoms with van der Waals surface area (Å²) in [4.78, 5) is 38.8. The summed E-state index contributed by atoms with van der Waals surface area (Å²) in [5.74, 6) is -0.736. The van der Waals surface area contributed by atoms with Crippen LogP contribution in [0.25, 0.3) is 0 Å². The molecule has 0 aliphatic carbocycles. The van der Waals surface area contributed by atoms with Gasteiger partial charge in [-0.15, -0.1) is 11.3 Å². The number of para-hydroxylation sites is 2. The van der Waals surface area contributed by atoms with Crippen LogP contribution in [0.5, 0.6) is 5.75 Å². The van der Waals surface area contributed by atoms with Crippen LogP contribution in [0, 0.1) is 0 Å². The number of nitrogens with zero attached hydrogens (tertiary/aromatic N) is 1. The molecule has 3 rings (SSSR count). The molecule has 7 nitrogen and oxygen atoms in total. The smallest absolute Gasteiger partial charge is 0.326 e. The zero-order valence-electron chi connectivity index (χ0n) is 14.8. The maximum atomic E-state index is 12.3. The third-order valence-electron chi connectivity index (χ3n) is 4.03. The lowest BCUT2D eigenvalue weighted by atomic mass is 10.2. The van der Waals surface area contributed by atoms with Crippen LogP contribution in [-0.2, 0) is 19.1 Å². The van der Waals surface area contributed by atoms with E-state index < -0.39 is 18.5 Å². The number of anilines is 1. The number of carbonyl (C=O) groups excluding carboxylic acids is 3. The van der Waals surface area contributed by atoms with E-state index in [1.165, 1.54) is 16.2 Å². The highest BCUT2D eigenvalue weighted by Gasteiger charge is 2.26. The second kappa shape index (κ2) is 8.68. The van der Waals surface area contributed by atoms with Gasteiger partial charge in [0, 0.05) is 4.88 Å². The first-order valence-corrected chi connectivity index (χ1v) is 9.43. The van der Waals surface area contributed by atoms with Crippen molar-refractivity contribution >= 4 is 34.8 Å². The van der Waals surface area contributed by atoms with Gasteiger partial charge in [-0.2, -0.15) is 0 Å². The quantitative estimate of drug-likeness (QED) is 0.768. The maximum Gasteiger partial charge on any atom is 0.326 e. The molecular weight excluding hydrogens is 368 g/mol. The van der Waals surface area contributed by atoms with E-state index in [-0.39, 0.29) is 31.5 Å². The average molecular weight is 388 g/mol. The first-order chi connectivity index (χ1) is 13.0. The Morgan fingerprint density at radius 1 is 1.30 bits per heavy atom. The van der Waals surface area contributed by atoms with Crippen molar-refractivity contribution in [2.24, 2.45) is 0 Å². The minimum absolute atomic E-state index is 0.160. The predicted molar refractivity (Wildman–Crippen MR) is 101 cm³/mol. The van der Waals surface area contributed by atoms with Gasteiger partial charge in [-0.3, -0.25) is 19.3 Å². The van der Waals surface area contributed by atoms with Crippen LogP contribution >= 0.6 is 11.3 Å². The number of ether oxygens (including phenoxy) is 2. The Kier molecular flexibility index (Phi) is 6.08. The minimum atomic E-state index is -0.654. The zero-order valence-corrected chi connectivity index (χ0v) is 15.7. The van der Waals surface area contributed by atoms with Gasteiger partial charge < -0.3 is 14.8 Å². The molecule has 1 aliphatic rings. The number of nitrogens with one attached hydrogen (secondary N) is 1. The molecule has 2 amide bonds. The second-order valence-electron chi connectivity index (χ2n) is 6.01. The number of thiophene rings is 1. The number of carbonyl (C=O) groups is 3. The number of fused-ring (bicyclic) bond motifs is 1. The van der Waals surface area contributed by atoms with Gasteiger partial charge in [0.1, 0.15) is 12.3 Å². The standard InChI is InChI=1S/C19H20N2O5S/c1-13(16-7-4-10-27-16)20-17(22)12-26-19(24)11-21-14-5-2-3-6-15(14)25-9-8-18(21)23/h2-7,10,13H,8-9,11-12H2,1H3,(H,20,22)/t13-/m1/s1. The van der Waals surface area contributed by atoms with Crippen LogP contribution in [0.4, 0.5) is 5.69 Å². The largest absolute Gasteiger partial charge is 0.491 e. The predicted octanol–water partition coefficient (Wildman–Crippen LogP) is 2.28. The molecule has 1 aliphatic heterocycles. The summed E-state index contributed by atoms with van der Waals surface area (Å²) in [6.45, 7) is 1.45. The van der Waals surface area contributed by atoms with E-state index in [4.69, 9.17) is 9.47 Å². The summed E-state index contributed by atoms with van der Waals surface area (Å²) in [7, 11) is 0. The Morgan fingerprint density at radius 3 is 2.89 bits per heavy atom. The maximum absolute atomic E-state index is 12.3. The molecule has 8 heteroatoms. The van der Waals surface area contributed by atoms with Crippen molar-refractivity contribution in [2.75, 3.05) is 24.7 Å². The molecule has 0 radical (unpaired) electrons. The molecule has 0 spiro atoms. The molecular formula is C19H20N2O5S. The lowest BCUT2D eigenvalue weighted by molar-refractivity contribution is -0.147. The SMILES string of the molecule is C[C@@H](NC(=O)COC(=O)CN1C(=O)CCOc2ccccc21)c1cccs1. The molecule has 0 saturated heterocycles. The van der Waals surface area contributed by atoms with E-state index in [0.29, 0.717) is 11.4 Å². The minimum Gasteiger partial charge on any atom is -0.491 e.